The second kappa shape index (κ2) is 58.4. The molecule has 0 aliphatic rings. The predicted octanol–water partition coefficient (Wildman–Crippen LogP) is 19.0. The Morgan fingerprint density at radius 1 is 0.406 bits per heavy atom. The molecule has 0 fully saturated rings. The van der Waals surface area contributed by atoms with Crippen LogP contribution in [0.3, 0.4) is 0 Å². The molecule has 1 amide bonds. The van der Waals surface area contributed by atoms with Gasteiger partial charge in [0.2, 0.25) is 5.91 Å². The van der Waals surface area contributed by atoms with E-state index in [-0.39, 0.29) is 18.5 Å². The number of ether oxygens (including phenoxy) is 1. The van der Waals surface area contributed by atoms with Crippen LogP contribution in [0.2, 0.25) is 0 Å². The number of nitrogens with one attached hydrogen (secondary N) is 1. The van der Waals surface area contributed by atoms with Gasteiger partial charge in [0.1, 0.15) is 0 Å². The van der Waals surface area contributed by atoms with Crippen molar-refractivity contribution < 1.29 is 24.5 Å². The summed E-state index contributed by atoms with van der Waals surface area (Å²) in [6.07, 6.45) is 74.5. The largest absolute Gasteiger partial charge is 0.466 e. The van der Waals surface area contributed by atoms with Crippen molar-refractivity contribution in [1.29, 1.82) is 0 Å². The first-order chi connectivity index (χ1) is 34.0. The van der Waals surface area contributed by atoms with Gasteiger partial charge in [0.05, 0.1) is 25.4 Å². The Morgan fingerprint density at radius 2 is 0.754 bits per heavy atom. The topological polar surface area (TPSA) is 95.9 Å². The highest BCUT2D eigenvalue weighted by atomic mass is 16.5. The Kier molecular flexibility index (Phi) is 56.5. The molecule has 6 heteroatoms. The average molecular weight is 969 g/mol. The third kappa shape index (κ3) is 55.0. The molecule has 2 atom stereocenters. The Bertz CT molecular complexity index is 1160. The Morgan fingerprint density at radius 3 is 1.17 bits per heavy atom. The Balaban J connectivity index is 3.38. The van der Waals surface area contributed by atoms with Gasteiger partial charge in [-0.05, 0) is 83.5 Å². The number of amides is 1. The summed E-state index contributed by atoms with van der Waals surface area (Å²) in [6.45, 7) is 4.82. The van der Waals surface area contributed by atoms with Crippen LogP contribution >= 0.6 is 0 Å². The summed E-state index contributed by atoms with van der Waals surface area (Å²) < 4.78 is 5.47. The molecule has 0 saturated carbocycles. The molecule has 404 valence electrons. The fourth-order valence-corrected chi connectivity index (χ4v) is 9.14. The van der Waals surface area contributed by atoms with Crippen molar-refractivity contribution in [2.75, 3.05) is 13.2 Å². The number of hydrogen-bond donors (Lipinski definition) is 3. The lowest BCUT2D eigenvalue weighted by atomic mass is 10.0. The summed E-state index contributed by atoms with van der Waals surface area (Å²) in [7, 11) is 0. The zero-order chi connectivity index (χ0) is 50.0. The minimum atomic E-state index is -0.843. The van der Waals surface area contributed by atoms with Gasteiger partial charge in [0, 0.05) is 12.8 Å². The monoisotopic (exact) mass is 968 g/mol. The predicted molar refractivity (Wildman–Crippen MR) is 301 cm³/mol. The molecule has 0 aliphatic carbocycles. The van der Waals surface area contributed by atoms with Crippen LogP contribution in [0.4, 0.5) is 0 Å². The lowest BCUT2D eigenvalue weighted by Crippen LogP contribution is -2.45. The van der Waals surface area contributed by atoms with Crippen molar-refractivity contribution in [1.82, 2.24) is 5.32 Å². The van der Waals surface area contributed by atoms with Gasteiger partial charge in [-0.1, -0.05) is 268 Å². The third-order valence-corrected chi connectivity index (χ3v) is 13.8. The number of allylic oxidation sites excluding steroid dienone is 7. The van der Waals surface area contributed by atoms with Crippen LogP contribution in [0.1, 0.15) is 316 Å². The molecule has 0 aromatic rings. The number of carbonyl (C=O) groups excluding carboxylic acids is 2. The summed E-state index contributed by atoms with van der Waals surface area (Å²) in [5.74, 6) is -0.0698. The van der Waals surface area contributed by atoms with E-state index in [0.29, 0.717) is 19.4 Å². The molecule has 0 saturated heterocycles. The number of unbranched alkanes of at least 4 members (excludes halogenated alkanes) is 39. The van der Waals surface area contributed by atoms with E-state index in [2.05, 4.69) is 55.6 Å². The van der Waals surface area contributed by atoms with E-state index in [0.717, 1.165) is 51.4 Å². The number of aliphatic hydroxyl groups excluding tert-OH is 2. The standard InChI is InChI=1S/C63H117NO5/c1-3-5-7-9-11-13-15-32-37-41-45-49-53-57-63(68)69-58-54-50-46-42-38-34-31-29-27-25-23-21-19-17-16-18-20-22-24-26-28-30-33-36-40-44-48-52-56-62(67)64-60(59-65)61(66)55-51-47-43-39-35-14-12-10-8-6-4-2/h7,9,13,15-17,51,55,60-61,65-66H,3-6,8,10-12,14,18-50,52-54,56-59H2,1-2H3,(H,64,67)/b9-7-,15-13-,17-16-,55-51+. The molecule has 2 unspecified atom stereocenters. The summed E-state index contributed by atoms with van der Waals surface area (Å²) in [4.78, 5) is 24.4. The number of aliphatic hydroxyl groups is 2. The quantitative estimate of drug-likeness (QED) is 0.0321. The molecule has 69 heavy (non-hydrogen) atoms. The van der Waals surface area contributed by atoms with Crippen LogP contribution in [0.15, 0.2) is 48.6 Å². The van der Waals surface area contributed by atoms with Crippen LogP contribution in [0, 0.1) is 0 Å². The van der Waals surface area contributed by atoms with Crippen LogP contribution in [-0.2, 0) is 14.3 Å². The van der Waals surface area contributed by atoms with E-state index in [4.69, 9.17) is 4.74 Å². The zero-order valence-electron chi connectivity index (χ0n) is 46.0. The van der Waals surface area contributed by atoms with E-state index in [1.54, 1.807) is 6.08 Å². The second-order valence-corrected chi connectivity index (χ2v) is 20.7. The molecule has 6 nitrogen and oxygen atoms in total. The van der Waals surface area contributed by atoms with E-state index in [1.807, 2.05) is 6.08 Å². The van der Waals surface area contributed by atoms with Gasteiger partial charge in [0.15, 0.2) is 0 Å². The van der Waals surface area contributed by atoms with Gasteiger partial charge in [-0.25, -0.2) is 0 Å². The number of carbonyl (C=O) groups is 2. The fraction of sp³-hybridized carbons (Fsp3) is 0.841. The average Bonchev–Trinajstić information content (AvgIpc) is 3.35. The fourth-order valence-electron chi connectivity index (χ4n) is 9.14. The van der Waals surface area contributed by atoms with Crippen molar-refractivity contribution in [2.24, 2.45) is 0 Å². The molecule has 0 aliphatic heterocycles. The summed E-state index contributed by atoms with van der Waals surface area (Å²) in [5, 5.41) is 23.0. The number of hydrogen-bond acceptors (Lipinski definition) is 5. The molecule has 0 bridgehead atoms. The molecule has 0 aromatic heterocycles. The van der Waals surface area contributed by atoms with E-state index in [1.165, 1.54) is 238 Å². The van der Waals surface area contributed by atoms with Gasteiger partial charge in [0.25, 0.3) is 0 Å². The van der Waals surface area contributed by atoms with Gasteiger partial charge in [-0.2, -0.15) is 0 Å². The molecule has 0 rings (SSSR count). The number of rotatable bonds is 56. The first kappa shape index (κ1) is 66.8. The van der Waals surface area contributed by atoms with Gasteiger partial charge in [-0.15, -0.1) is 0 Å². The van der Waals surface area contributed by atoms with E-state index >= 15 is 0 Å². The van der Waals surface area contributed by atoms with Crippen LogP contribution in [-0.4, -0.2) is 47.4 Å². The van der Waals surface area contributed by atoms with Gasteiger partial charge in [-0.3, -0.25) is 9.59 Å². The van der Waals surface area contributed by atoms with E-state index in [9.17, 15) is 19.8 Å². The summed E-state index contributed by atoms with van der Waals surface area (Å²) in [5.41, 5.74) is 0. The first-order valence-corrected chi connectivity index (χ1v) is 30.4. The molecular formula is C63H117NO5. The molecule has 0 spiro atoms. The summed E-state index contributed by atoms with van der Waals surface area (Å²) in [6, 6.07) is -0.627. The lowest BCUT2D eigenvalue weighted by molar-refractivity contribution is -0.143. The minimum absolute atomic E-state index is 0.000472. The Hall–Kier alpha value is -2.18. The van der Waals surface area contributed by atoms with Crippen molar-refractivity contribution in [3.05, 3.63) is 48.6 Å². The molecule has 0 aromatic carbocycles. The second-order valence-electron chi connectivity index (χ2n) is 20.7. The minimum Gasteiger partial charge on any atom is -0.466 e. The maximum Gasteiger partial charge on any atom is 0.305 e. The van der Waals surface area contributed by atoms with Crippen LogP contribution < -0.4 is 5.32 Å². The molecule has 0 radical (unpaired) electrons. The maximum atomic E-state index is 12.4. The highest BCUT2D eigenvalue weighted by Crippen LogP contribution is 2.16. The smallest absolute Gasteiger partial charge is 0.305 e. The van der Waals surface area contributed by atoms with Gasteiger partial charge >= 0.3 is 5.97 Å². The molecular weight excluding hydrogens is 851 g/mol. The highest BCUT2D eigenvalue weighted by Gasteiger charge is 2.18. The zero-order valence-corrected chi connectivity index (χ0v) is 46.0. The highest BCUT2D eigenvalue weighted by molar-refractivity contribution is 5.76. The Labute approximate surface area is 429 Å². The first-order valence-electron chi connectivity index (χ1n) is 30.4. The number of esters is 1. The van der Waals surface area contributed by atoms with Crippen molar-refractivity contribution in [3.8, 4) is 0 Å². The normalized spacial score (nSPS) is 12.9. The SMILES string of the molecule is CCC/C=C\C/C=C\CCCCCCCC(=O)OCCCCCCCCCCCCCC/C=C\CCCCCCCCCCCCCCC(=O)NC(CO)C(O)/C=C/CCCCCCCCCCC. The van der Waals surface area contributed by atoms with Crippen molar-refractivity contribution >= 4 is 11.9 Å². The van der Waals surface area contributed by atoms with Crippen LogP contribution in [0.25, 0.3) is 0 Å². The lowest BCUT2D eigenvalue weighted by Gasteiger charge is -2.20. The maximum absolute atomic E-state index is 12.4. The molecule has 0 heterocycles. The third-order valence-electron chi connectivity index (χ3n) is 13.8. The molecule has 3 N–H and O–H groups in total. The van der Waals surface area contributed by atoms with Crippen molar-refractivity contribution in [3.63, 3.8) is 0 Å². The van der Waals surface area contributed by atoms with E-state index < -0.39 is 12.1 Å². The van der Waals surface area contributed by atoms with Crippen LogP contribution in [0.5, 0.6) is 0 Å². The van der Waals surface area contributed by atoms with Crippen molar-refractivity contribution in [2.45, 2.75) is 328 Å². The summed E-state index contributed by atoms with van der Waals surface area (Å²) >= 11 is 0. The van der Waals surface area contributed by atoms with Gasteiger partial charge < -0.3 is 20.3 Å².